The van der Waals surface area contributed by atoms with Crippen molar-refractivity contribution in [1.82, 2.24) is 4.98 Å². The standard InChI is InChI=1S/C21H23N3O3S/c1-3-16-5-12-20(13-6-16)28(25,26)24-18-9-14-21(22-15-18)23-17-7-10-19(11-8-17)27-4-2/h5-15,24H,3-4H2,1-2H3,(H,22,23). The van der Waals surface area contributed by atoms with Gasteiger partial charge in [0.2, 0.25) is 0 Å². The number of sulfonamides is 1. The Hall–Kier alpha value is -3.06. The van der Waals surface area contributed by atoms with Crippen LogP contribution in [0.3, 0.4) is 0 Å². The zero-order chi connectivity index (χ0) is 20.0. The monoisotopic (exact) mass is 397 g/mol. The molecule has 0 spiro atoms. The fourth-order valence-electron chi connectivity index (χ4n) is 2.60. The first kappa shape index (κ1) is 19.7. The van der Waals surface area contributed by atoms with Crippen molar-refractivity contribution in [1.29, 1.82) is 0 Å². The van der Waals surface area contributed by atoms with Crippen LogP contribution in [-0.2, 0) is 16.4 Å². The van der Waals surface area contributed by atoms with E-state index >= 15 is 0 Å². The van der Waals surface area contributed by atoms with Crippen LogP contribution in [0.25, 0.3) is 0 Å². The van der Waals surface area contributed by atoms with E-state index in [-0.39, 0.29) is 4.90 Å². The minimum absolute atomic E-state index is 0.223. The second kappa shape index (κ2) is 8.75. The lowest BCUT2D eigenvalue weighted by atomic mass is 10.2. The van der Waals surface area contributed by atoms with Gasteiger partial charge >= 0.3 is 0 Å². The molecule has 0 amide bonds. The zero-order valence-electron chi connectivity index (χ0n) is 15.8. The highest BCUT2D eigenvalue weighted by Gasteiger charge is 2.14. The summed E-state index contributed by atoms with van der Waals surface area (Å²) in [6.07, 6.45) is 2.34. The number of anilines is 3. The highest BCUT2D eigenvalue weighted by Crippen LogP contribution is 2.21. The smallest absolute Gasteiger partial charge is 0.261 e. The molecule has 0 fully saturated rings. The Morgan fingerprint density at radius 3 is 2.14 bits per heavy atom. The lowest BCUT2D eigenvalue weighted by Gasteiger charge is -2.10. The van der Waals surface area contributed by atoms with Crippen LogP contribution in [0.2, 0.25) is 0 Å². The number of nitrogens with zero attached hydrogens (tertiary/aromatic N) is 1. The lowest BCUT2D eigenvalue weighted by molar-refractivity contribution is 0.340. The third-order valence-electron chi connectivity index (χ3n) is 4.10. The van der Waals surface area contributed by atoms with E-state index in [2.05, 4.69) is 15.0 Å². The van der Waals surface area contributed by atoms with E-state index in [4.69, 9.17) is 4.74 Å². The second-order valence-corrected chi connectivity index (χ2v) is 7.80. The molecule has 0 saturated heterocycles. The Morgan fingerprint density at radius 2 is 1.57 bits per heavy atom. The molecule has 0 radical (unpaired) electrons. The number of ether oxygens (including phenoxy) is 1. The molecular formula is C21H23N3O3S. The first-order valence-electron chi connectivity index (χ1n) is 9.08. The molecule has 3 rings (SSSR count). The van der Waals surface area contributed by atoms with Gasteiger partial charge in [0, 0.05) is 5.69 Å². The zero-order valence-corrected chi connectivity index (χ0v) is 16.7. The highest BCUT2D eigenvalue weighted by atomic mass is 32.2. The van der Waals surface area contributed by atoms with Crippen LogP contribution < -0.4 is 14.8 Å². The van der Waals surface area contributed by atoms with Gasteiger partial charge in [-0.05, 0) is 67.4 Å². The van der Waals surface area contributed by atoms with E-state index in [1.54, 1.807) is 24.3 Å². The van der Waals surface area contributed by atoms with E-state index in [1.165, 1.54) is 6.20 Å². The molecule has 0 unspecified atom stereocenters. The summed E-state index contributed by atoms with van der Waals surface area (Å²) in [4.78, 5) is 4.49. The van der Waals surface area contributed by atoms with Gasteiger partial charge in [-0.3, -0.25) is 4.72 Å². The molecule has 28 heavy (non-hydrogen) atoms. The van der Waals surface area contributed by atoms with Gasteiger partial charge in [-0.1, -0.05) is 19.1 Å². The van der Waals surface area contributed by atoms with Crippen LogP contribution >= 0.6 is 0 Å². The maximum absolute atomic E-state index is 12.5. The van der Waals surface area contributed by atoms with Crippen LogP contribution in [-0.4, -0.2) is 20.0 Å². The summed E-state index contributed by atoms with van der Waals surface area (Å²) in [6.45, 7) is 4.58. The largest absolute Gasteiger partial charge is 0.494 e. The fraction of sp³-hybridized carbons (Fsp3) is 0.190. The minimum atomic E-state index is -3.64. The Labute approximate surface area is 165 Å². The topological polar surface area (TPSA) is 80.3 Å². The number of aromatic nitrogens is 1. The molecule has 1 heterocycles. The summed E-state index contributed by atoms with van der Waals surface area (Å²) in [6, 6.07) is 17.8. The summed E-state index contributed by atoms with van der Waals surface area (Å²) in [5, 5.41) is 3.16. The van der Waals surface area contributed by atoms with Gasteiger partial charge in [-0.15, -0.1) is 0 Å². The van der Waals surface area contributed by atoms with Crippen molar-refractivity contribution in [3.8, 4) is 5.75 Å². The van der Waals surface area contributed by atoms with Crippen molar-refractivity contribution in [2.45, 2.75) is 25.2 Å². The van der Waals surface area contributed by atoms with Crippen molar-refractivity contribution in [2.75, 3.05) is 16.6 Å². The van der Waals surface area contributed by atoms with Gasteiger partial charge < -0.3 is 10.1 Å². The van der Waals surface area contributed by atoms with Gasteiger partial charge in [0.15, 0.2) is 0 Å². The van der Waals surface area contributed by atoms with Crippen LogP contribution in [0.15, 0.2) is 71.8 Å². The third kappa shape index (κ3) is 5.01. The van der Waals surface area contributed by atoms with E-state index in [1.807, 2.05) is 50.2 Å². The third-order valence-corrected chi connectivity index (χ3v) is 5.49. The van der Waals surface area contributed by atoms with Crippen molar-refractivity contribution >= 4 is 27.2 Å². The SMILES string of the molecule is CCOc1ccc(Nc2ccc(NS(=O)(=O)c3ccc(CC)cc3)cn2)cc1. The number of rotatable bonds is 8. The predicted octanol–water partition coefficient (Wildman–Crippen LogP) is 4.59. The molecule has 1 aromatic heterocycles. The van der Waals surface area contributed by atoms with Crippen LogP contribution in [0, 0.1) is 0 Å². The van der Waals surface area contributed by atoms with Crippen LogP contribution in [0.5, 0.6) is 5.75 Å². The Bertz CT molecular complexity index is 1000. The second-order valence-electron chi connectivity index (χ2n) is 6.12. The molecule has 7 heteroatoms. The molecule has 0 aliphatic carbocycles. The molecule has 6 nitrogen and oxygen atoms in total. The van der Waals surface area contributed by atoms with Gasteiger partial charge in [0.1, 0.15) is 11.6 Å². The number of benzene rings is 2. The first-order chi connectivity index (χ1) is 13.5. The number of pyridine rings is 1. The van der Waals surface area contributed by atoms with Gasteiger partial charge in [0.05, 0.1) is 23.4 Å². The Balaban J connectivity index is 1.66. The number of hydrogen-bond donors (Lipinski definition) is 2. The highest BCUT2D eigenvalue weighted by molar-refractivity contribution is 7.92. The molecule has 0 bridgehead atoms. The van der Waals surface area contributed by atoms with E-state index in [0.29, 0.717) is 18.1 Å². The normalized spacial score (nSPS) is 11.1. The summed E-state index contributed by atoms with van der Waals surface area (Å²) in [7, 11) is -3.64. The predicted molar refractivity (Wildman–Crippen MR) is 112 cm³/mol. The fourth-order valence-corrected chi connectivity index (χ4v) is 3.64. The number of nitrogens with one attached hydrogen (secondary N) is 2. The van der Waals surface area contributed by atoms with Gasteiger partial charge in [-0.2, -0.15) is 0 Å². The summed E-state index contributed by atoms with van der Waals surface area (Å²) in [5.41, 5.74) is 2.35. The molecule has 0 saturated carbocycles. The van der Waals surface area contributed by atoms with Crippen molar-refractivity contribution < 1.29 is 13.2 Å². The lowest BCUT2D eigenvalue weighted by Crippen LogP contribution is -2.13. The quantitative estimate of drug-likeness (QED) is 0.581. The summed E-state index contributed by atoms with van der Waals surface area (Å²) in [5.74, 6) is 1.41. The first-order valence-corrected chi connectivity index (χ1v) is 10.6. The maximum atomic E-state index is 12.5. The summed E-state index contributed by atoms with van der Waals surface area (Å²) >= 11 is 0. The average molecular weight is 398 g/mol. The Morgan fingerprint density at radius 1 is 0.893 bits per heavy atom. The van der Waals surface area contributed by atoms with Crippen molar-refractivity contribution in [2.24, 2.45) is 0 Å². The molecule has 2 aromatic carbocycles. The van der Waals surface area contributed by atoms with E-state index in [9.17, 15) is 8.42 Å². The average Bonchev–Trinajstić information content (AvgIpc) is 2.71. The molecule has 0 atom stereocenters. The molecule has 0 aliphatic heterocycles. The summed E-state index contributed by atoms with van der Waals surface area (Å²) < 4.78 is 33.0. The van der Waals surface area contributed by atoms with Crippen LogP contribution in [0.4, 0.5) is 17.2 Å². The van der Waals surface area contributed by atoms with Crippen molar-refractivity contribution in [3.05, 3.63) is 72.4 Å². The molecular weight excluding hydrogens is 374 g/mol. The minimum Gasteiger partial charge on any atom is -0.494 e. The molecule has 3 aromatic rings. The maximum Gasteiger partial charge on any atom is 0.261 e. The van der Waals surface area contributed by atoms with Gasteiger partial charge in [0.25, 0.3) is 10.0 Å². The Kier molecular flexibility index (Phi) is 6.16. The number of hydrogen-bond acceptors (Lipinski definition) is 5. The van der Waals surface area contributed by atoms with E-state index in [0.717, 1.165) is 23.4 Å². The number of aryl methyl sites for hydroxylation is 1. The molecule has 0 aliphatic rings. The molecule has 2 N–H and O–H groups in total. The van der Waals surface area contributed by atoms with Gasteiger partial charge in [-0.25, -0.2) is 13.4 Å². The molecule has 146 valence electrons. The van der Waals surface area contributed by atoms with E-state index < -0.39 is 10.0 Å². The van der Waals surface area contributed by atoms with Crippen molar-refractivity contribution in [3.63, 3.8) is 0 Å². The van der Waals surface area contributed by atoms with Crippen LogP contribution in [0.1, 0.15) is 19.4 Å².